The van der Waals surface area contributed by atoms with Gasteiger partial charge in [0, 0.05) is 0 Å². The van der Waals surface area contributed by atoms with Gasteiger partial charge in [-0.1, -0.05) is 31.8 Å². The second-order valence-electron chi connectivity index (χ2n) is 5.38. The normalized spacial score (nSPS) is 30.4. The Bertz CT molecular complexity index is 361. The van der Waals surface area contributed by atoms with Crippen LogP contribution in [-0.4, -0.2) is 11.1 Å². The first kappa shape index (κ1) is 12.2. The van der Waals surface area contributed by atoms with Crippen LogP contribution in [0.1, 0.15) is 44.9 Å². The Hall–Kier alpha value is -1.30. The molecule has 17 heavy (non-hydrogen) atoms. The number of nitrogens with zero attached hydrogens (tertiary/aromatic N) is 1. The van der Waals surface area contributed by atoms with E-state index in [4.69, 9.17) is 10.4 Å². The zero-order chi connectivity index (χ0) is 12.3. The minimum atomic E-state index is -1.09. The van der Waals surface area contributed by atoms with E-state index in [1.165, 1.54) is 32.1 Å². The van der Waals surface area contributed by atoms with Crippen LogP contribution in [0.3, 0.4) is 0 Å². The third-order valence-electron chi connectivity index (χ3n) is 4.33. The van der Waals surface area contributed by atoms with Gasteiger partial charge in [0.2, 0.25) is 0 Å². The van der Waals surface area contributed by atoms with Crippen LogP contribution < -0.4 is 0 Å². The minimum absolute atomic E-state index is 0.0814. The van der Waals surface area contributed by atoms with E-state index in [1.54, 1.807) is 12.1 Å². The third kappa shape index (κ3) is 2.88. The lowest BCUT2D eigenvalue weighted by molar-refractivity contribution is -0.132. The smallest absolute Gasteiger partial charge is 0.346 e. The first-order chi connectivity index (χ1) is 8.20. The Morgan fingerprint density at radius 1 is 1.18 bits per heavy atom. The highest BCUT2D eigenvalue weighted by Gasteiger charge is 2.31. The molecule has 2 saturated carbocycles. The van der Waals surface area contributed by atoms with Gasteiger partial charge in [0.25, 0.3) is 0 Å². The fourth-order valence-corrected chi connectivity index (χ4v) is 3.45. The standard InChI is InChI=1S/C14H19NO2/c15-9-13(14(16)17)8-10-5-6-12(7-10)11-3-1-2-4-11/h8,10-12H,1-7H2,(H,16,17)/b13-8+. The van der Waals surface area contributed by atoms with Crippen molar-refractivity contribution in [1.29, 1.82) is 5.26 Å². The lowest BCUT2D eigenvalue weighted by atomic mass is 9.88. The molecule has 0 aliphatic heterocycles. The molecule has 92 valence electrons. The highest BCUT2D eigenvalue weighted by Crippen LogP contribution is 2.43. The number of nitriles is 1. The number of aliphatic carboxylic acids is 1. The van der Waals surface area contributed by atoms with Crippen LogP contribution >= 0.6 is 0 Å². The molecule has 2 aliphatic carbocycles. The SMILES string of the molecule is N#C/C(=C\C1CCC(C2CCCC2)C1)C(=O)O. The summed E-state index contributed by atoms with van der Waals surface area (Å²) in [6, 6.07) is 1.77. The van der Waals surface area contributed by atoms with Gasteiger partial charge in [0.1, 0.15) is 11.6 Å². The zero-order valence-electron chi connectivity index (χ0n) is 10.1. The molecule has 0 aromatic rings. The van der Waals surface area contributed by atoms with Crippen LogP contribution in [0.5, 0.6) is 0 Å². The number of hydrogen-bond donors (Lipinski definition) is 1. The van der Waals surface area contributed by atoms with Gasteiger partial charge < -0.3 is 5.11 Å². The summed E-state index contributed by atoms with van der Waals surface area (Å²) in [5.74, 6) is 0.861. The van der Waals surface area contributed by atoms with E-state index in [1.807, 2.05) is 0 Å². The fraction of sp³-hybridized carbons (Fsp3) is 0.714. The average molecular weight is 233 g/mol. The molecule has 0 heterocycles. The lowest BCUT2D eigenvalue weighted by Crippen LogP contribution is -2.08. The summed E-state index contributed by atoms with van der Waals surface area (Å²) < 4.78 is 0. The van der Waals surface area contributed by atoms with E-state index < -0.39 is 5.97 Å². The Labute approximate surface area is 102 Å². The van der Waals surface area contributed by atoms with Crippen LogP contribution in [0.25, 0.3) is 0 Å². The number of carboxylic acids is 1. The maximum Gasteiger partial charge on any atom is 0.346 e. The van der Waals surface area contributed by atoms with Gasteiger partial charge in [-0.05, 0) is 37.0 Å². The predicted molar refractivity (Wildman–Crippen MR) is 64.1 cm³/mol. The minimum Gasteiger partial charge on any atom is -0.477 e. The van der Waals surface area contributed by atoms with Crippen LogP contribution in [0.15, 0.2) is 11.6 Å². The summed E-state index contributed by atoms with van der Waals surface area (Å²) >= 11 is 0. The Kier molecular flexibility index (Phi) is 3.83. The van der Waals surface area contributed by atoms with Crippen molar-refractivity contribution in [2.24, 2.45) is 17.8 Å². The number of rotatable bonds is 3. The van der Waals surface area contributed by atoms with E-state index in [0.29, 0.717) is 5.92 Å². The van der Waals surface area contributed by atoms with Crippen LogP contribution in [0.4, 0.5) is 0 Å². The van der Waals surface area contributed by atoms with Gasteiger partial charge in [0.05, 0.1) is 0 Å². The highest BCUT2D eigenvalue weighted by molar-refractivity contribution is 5.90. The molecular weight excluding hydrogens is 214 g/mol. The lowest BCUT2D eigenvalue weighted by Gasteiger charge is -2.17. The molecule has 2 atom stereocenters. The average Bonchev–Trinajstić information content (AvgIpc) is 2.95. The first-order valence-corrected chi connectivity index (χ1v) is 6.56. The molecule has 0 spiro atoms. The summed E-state index contributed by atoms with van der Waals surface area (Å²) in [6.45, 7) is 0. The molecule has 2 rings (SSSR count). The summed E-state index contributed by atoms with van der Waals surface area (Å²) in [6.07, 6.45) is 10.5. The fourth-order valence-electron chi connectivity index (χ4n) is 3.45. The number of carboxylic acid groups (broad SMARTS) is 1. The monoisotopic (exact) mass is 233 g/mol. The second-order valence-corrected chi connectivity index (χ2v) is 5.38. The van der Waals surface area contributed by atoms with E-state index >= 15 is 0 Å². The largest absolute Gasteiger partial charge is 0.477 e. The Balaban J connectivity index is 1.93. The maximum atomic E-state index is 10.8. The van der Waals surface area contributed by atoms with Crippen LogP contribution in [0.2, 0.25) is 0 Å². The van der Waals surface area contributed by atoms with E-state index in [0.717, 1.165) is 24.7 Å². The predicted octanol–water partition coefficient (Wildman–Crippen LogP) is 3.13. The molecule has 0 radical (unpaired) electrons. The van der Waals surface area contributed by atoms with Crippen LogP contribution in [-0.2, 0) is 4.79 Å². The first-order valence-electron chi connectivity index (χ1n) is 6.56. The quantitative estimate of drug-likeness (QED) is 0.601. The molecule has 0 bridgehead atoms. The molecule has 1 N–H and O–H groups in total. The number of hydrogen-bond acceptors (Lipinski definition) is 2. The molecule has 0 saturated heterocycles. The van der Waals surface area contributed by atoms with Gasteiger partial charge in [-0.3, -0.25) is 0 Å². The van der Waals surface area contributed by atoms with Gasteiger partial charge in [-0.25, -0.2) is 4.79 Å². The molecule has 2 fully saturated rings. The van der Waals surface area contributed by atoms with Gasteiger partial charge in [-0.15, -0.1) is 0 Å². The second kappa shape index (κ2) is 5.35. The summed E-state index contributed by atoms with van der Waals surface area (Å²) in [5, 5.41) is 17.6. The van der Waals surface area contributed by atoms with Crippen molar-refractivity contribution >= 4 is 5.97 Å². The van der Waals surface area contributed by atoms with E-state index in [2.05, 4.69) is 0 Å². The van der Waals surface area contributed by atoms with Gasteiger partial charge in [-0.2, -0.15) is 5.26 Å². The maximum absolute atomic E-state index is 10.8. The van der Waals surface area contributed by atoms with E-state index in [-0.39, 0.29) is 5.57 Å². The highest BCUT2D eigenvalue weighted by atomic mass is 16.4. The number of carbonyl (C=O) groups is 1. The molecule has 3 nitrogen and oxygen atoms in total. The molecule has 3 heteroatoms. The van der Waals surface area contributed by atoms with E-state index in [9.17, 15) is 4.79 Å². The Morgan fingerprint density at radius 3 is 2.47 bits per heavy atom. The van der Waals surface area contributed by atoms with Crippen LogP contribution in [0, 0.1) is 29.1 Å². The van der Waals surface area contributed by atoms with Crippen molar-refractivity contribution in [2.45, 2.75) is 44.9 Å². The summed E-state index contributed by atoms with van der Waals surface area (Å²) in [4.78, 5) is 10.8. The number of allylic oxidation sites excluding steroid dienone is 1. The molecular formula is C14H19NO2. The van der Waals surface area contributed by atoms with Crippen molar-refractivity contribution in [3.63, 3.8) is 0 Å². The Morgan fingerprint density at radius 2 is 1.88 bits per heavy atom. The van der Waals surface area contributed by atoms with Gasteiger partial charge in [0.15, 0.2) is 0 Å². The topological polar surface area (TPSA) is 61.1 Å². The van der Waals surface area contributed by atoms with Crippen molar-refractivity contribution in [2.75, 3.05) is 0 Å². The van der Waals surface area contributed by atoms with Crippen molar-refractivity contribution in [3.05, 3.63) is 11.6 Å². The molecule has 0 aromatic carbocycles. The van der Waals surface area contributed by atoms with Crippen molar-refractivity contribution in [1.82, 2.24) is 0 Å². The zero-order valence-corrected chi connectivity index (χ0v) is 10.1. The third-order valence-corrected chi connectivity index (χ3v) is 4.33. The summed E-state index contributed by atoms with van der Waals surface area (Å²) in [5.41, 5.74) is -0.0814. The molecule has 2 unspecified atom stereocenters. The molecule has 2 aliphatic rings. The molecule has 0 aromatic heterocycles. The van der Waals surface area contributed by atoms with Crippen molar-refractivity contribution < 1.29 is 9.90 Å². The van der Waals surface area contributed by atoms with Crippen molar-refractivity contribution in [3.8, 4) is 6.07 Å². The summed E-state index contributed by atoms with van der Waals surface area (Å²) in [7, 11) is 0. The molecule has 0 amide bonds. The van der Waals surface area contributed by atoms with Gasteiger partial charge >= 0.3 is 5.97 Å².